The molecule has 0 spiro atoms. The minimum atomic E-state index is -0.520. The van der Waals surface area contributed by atoms with E-state index in [4.69, 9.17) is 21.1 Å². The van der Waals surface area contributed by atoms with Crippen LogP contribution in [0.25, 0.3) is 0 Å². The number of rotatable bonds is 9. The third kappa shape index (κ3) is 6.84. The summed E-state index contributed by atoms with van der Waals surface area (Å²) in [4.78, 5) is 27.0. The number of hydrogen-bond acceptors (Lipinski definition) is 5. The first-order valence-corrected chi connectivity index (χ1v) is 12.6. The first kappa shape index (κ1) is 26.1. The SMILES string of the molecule is COc1ccc(C(=O)Nc2cccc(SC(C(=O)Nc3ccc(Cl)cc3)c3ccccc3)c2)cc1OC. The van der Waals surface area contributed by atoms with Gasteiger partial charge in [-0.05, 0) is 66.2 Å². The van der Waals surface area contributed by atoms with Crippen LogP contribution in [0.5, 0.6) is 11.5 Å². The van der Waals surface area contributed by atoms with Crippen LogP contribution in [0.3, 0.4) is 0 Å². The summed E-state index contributed by atoms with van der Waals surface area (Å²) in [6.07, 6.45) is 0. The Labute approximate surface area is 225 Å². The Kier molecular flexibility index (Phi) is 8.72. The predicted molar refractivity (Wildman–Crippen MR) is 149 cm³/mol. The topological polar surface area (TPSA) is 76.7 Å². The van der Waals surface area contributed by atoms with E-state index in [9.17, 15) is 9.59 Å². The molecule has 0 aliphatic carbocycles. The normalized spacial score (nSPS) is 11.3. The smallest absolute Gasteiger partial charge is 0.255 e. The van der Waals surface area contributed by atoms with Crippen molar-refractivity contribution in [1.29, 1.82) is 0 Å². The predicted octanol–water partition coefficient (Wildman–Crippen LogP) is 7.08. The van der Waals surface area contributed by atoms with Gasteiger partial charge in [0, 0.05) is 26.9 Å². The van der Waals surface area contributed by atoms with Crippen molar-refractivity contribution >= 4 is 46.6 Å². The summed E-state index contributed by atoms with van der Waals surface area (Å²) in [7, 11) is 3.06. The summed E-state index contributed by atoms with van der Waals surface area (Å²) < 4.78 is 10.5. The second kappa shape index (κ2) is 12.3. The van der Waals surface area contributed by atoms with Crippen LogP contribution in [-0.2, 0) is 4.79 Å². The molecule has 37 heavy (non-hydrogen) atoms. The standard InChI is InChI=1S/C29H25ClN2O4S/c1-35-25-16-11-20(17-26(25)36-2)28(33)32-23-9-6-10-24(18-23)37-27(19-7-4-3-5-8-19)29(34)31-22-14-12-21(30)13-15-22/h3-18,27H,1-2H3,(H,31,34)(H,32,33). The Morgan fingerprint density at radius 1 is 0.757 bits per heavy atom. The molecule has 8 heteroatoms. The third-order valence-corrected chi connectivity index (χ3v) is 6.94. The van der Waals surface area contributed by atoms with Gasteiger partial charge in [0.2, 0.25) is 5.91 Å². The van der Waals surface area contributed by atoms with Gasteiger partial charge in [0.15, 0.2) is 11.5 Å². The van der Waals surface area contributed by atoms with Crippen molar-refractivity contribution in [3.8, 4) is 11.5 Å². The summed E-state index contributed by atoms with van der Waals surface area (Å²) in [6.45, 7) is 0. The number of methoxy groups -OCH3 is 2. The van der Waals surface area contributed by atoms with Crippen molar-refractivity contribution in [2.45, 2.75) is 10.1 Å². The molecule has 0 heterocycles. The molecule has 0 aliphatic rings. The van der Waals surface area contributed by atoms with Gasteiger partial charge in [-0.2, -0.15) is 0 Å². The molecule has 0 saturated heterocycles. The van der Waals surface area contributed by atoms with Crippen LogP contribution in [0.2, 0.25) is 5.02 Å². The monoisotopic (exact) mass is 532 g/mol. The zero-order valence-electron chi connectivity index (χ0n) is 20.2. The number of thioether (sulfide) groups is 1. The molecule has 0 radical (unpaired) electrons. The molecule has 2 amide bonds. The van der Waals surface area contributed by atoms with Crippen LogP contribution in [0.1, 0.15) is 21.2 Å². The van der Waals surface area contributed by atoms with E-state index in [1.54, 1.807) is 55.6 Å². The maximum absolute atomic E-state index is 13.3. The zero-order chi connectivity index (χ0) is 26.2. The molecular weight excluding hydrogens is 508 g/mol. The van der Waals surface area contributed by atoms with Crippen LogP contribution in [0.15, 0.2) is 102 Å². The van der Waals surface area contributed by atoms with Crippen molar-refractivity contribution in [1.82, 2.24) is 0 Å². The van der Waals surface area contributed by atoms with Crippen LogP contribution in [0.4, 0.5) is 11.4 Å². The van der Waals surface area contributed by atoms with E-state index in [1.807, 2.05) is 48.5 Å². The molecule has 6 nitrogen and oxygen atoms in total. The number of anilines is 2. The van der Waals surface area contributed by atoms with E-state index < -0.39 is 5.25 Å². The molecule has 4 aromatic rings. The lowest BCUT2D eigenvalue weighted by molar-refractivity contribution is -0.115. The average Bonchev–Trinajstić information content (AvgIpc) is 2.93. The molecule has 0 fully saturated rings. The number of halogens is 1. The Morgan fingerprint density at radius 3 is 2.19 bits per heavy atom. The maximum atomic E-state index is 13.3. The van der Waals surface area contributed by atoms with Crippen LogP contribution >= 0.6 is 23.4 Å². The lowest BCUT2D eigenvalue weighted by Gasteiger charge is -2.18. The maximum Gasteiger partial charge on any atom is 0.255 e. The first-order valence-electron chi connectivity index (χ1n) is 11.4. The van der Waals surface area contributed by atoms with Crippen LogP contribution in [0, 0.1) is 0 Å². The molecule has 4 aromatic carbocycles. The quantitative estimate of drug-likeness (QED) is 0.225. The highest BCUT2D eigenvalue weighted by Crippen LogP contribution is 2.37. The van der Waals surface area contributed by atoms with Crippen LogP contribution < -0.4 is 20.1 Å². The fraction of sp³-hybridized carbons (Fsp3) is 0.103. The number of amides is 2. The Hall–Kier alpha value is -3.94. The molecule has 0 aliphatic heterocycles. The largest absolute Gasteiger partial charge is 0.493 e. The van der Waals surface area contributed by atoms with Gasteiger partial charge in [0.25, 0.3) is 5.91 Å². The number of hydrogen-bond donors (Lipinski definition) is 2. The van der Waals surface area contributed by atoms with E-state index in [1.165, 1.54) is 18.9 Å². The Morgan fingerprint density at radius 2 is 1.49 bits per heavy atom. The third-order valence-electron chi connectivity index (χ3n) is 5.44. The minimum Gasteiger partial charge on any atom is -0.493 e. The van der Waals surface area contributed by atoms with E-state index in [0.29, 0.717) is 33.5 Å². The molecule has 0 aromatic heterocycles. The van der Waals surface area contributed by atoms with Crippen molar-refractivity contribution in [2.75, 3.05) is 24.9 Å². The fourth-order valence-electron chi connectivity index (χ4n) is 3.61. The second-order valence-corrected chi connectivity index (χ2v) is 9.57. The zero-order valence-corrected chi connectivity index (χ0v) is 21.8. The molecule has 0 bridgehead atoms. The lowest BCUT2D eigenvalue weighted by Crippen LogP contribution is -2.19. The summed E-state index contributed by atoms with van der Waals surface area (Å²) in [6, 6.07) is 28.9. The van der Waals surface area contributed by atoms with E-state index in [0.717, 1.165) is 10.5 Å². The van der Waals surface area contributed by atoms with Crippen molar-refractivity contribution in [3.05, 3.63) is 113 Å². The summed E-state index contributed by atoms with van der Waals surface area (Å²) in [5.74, 6) is 0.555. The highest BCUT2D eigenvalue weighted by molar-refractivity contribution is 8.00. The van der Waals surface area contributed by atoms with Gasteiger partial charge in [0.1, 0.15) is 5.25 Å². The number of carbonyl (C=O) groups is 2. The highest BCUT2D eigenvalue weighted by Gasteiger charge is 2.22. The number of carbonyl (C=O) groups excluding carboxylic acids is 2. The number of nitrogens with one attached hydrogen (secondary N) is 2. The summed E-state index contributed by atoms with van der Waals surface area (Å²) >= 11 is 7.37. The van der Waals surface area contributed by atoms with E-state index in [2.05, 4.69) is 10.6 Å². The Bertz CT molecular complexity index is 1380. The highest BCUT2D eigenvalue weighted by atomic mass is 35.5. The lowest BCUT2D eigenvalue weighted by atomic mass is 10.1. The molecule has 0 saturated carbocycles. The fourth-order valence-corrected chi connectivity index (χ4v) is 4.82. The molecule has 1 unspecified atom stereocenters. The van der Waals surface area contributed by atoms with Gasteiger partial charge in [-0.1, -0.05) is 48.0 Å². The van der Waals surface area contributed by atoms with E-state index in [-0.39, 0.29) is 11.8 Å². The van der Waals surface area contributed by atoms with Crippen molar-refractivity contribution in [3.63, 3.8) is 0 Å². The van der Waals surface area contributed by atoms with Crippen molar-refractivity contribution in [2.24, 2.45) is 0 Å². The summed E-state index contributed by atoms with van der Waals surface area (Å²) in [5, 5.41) is 5.96. The van der Waals surface area contributed by atoms with Crippen LogP contribution in [-0.4, -0.2) is 26.0 Å². The van der Waals surface area contributed by atoms with Gasteiger partial charge in [-0.3, -0.25) is 9.59 Å². The molecule has 1 atom stereocenters. The molecule has 2 N–H and O–H groups in total. The number of ether oxygens (including phenoxy) is 2. The average molecular weight is 533 g/mol. The molecule has 4 rings (SSSR count). The summed E-state index contributed by atoms with van der Waals surface area (Å²) in [5.41, 5.74) is 2.56. The van der Waals surface area contributed by atoms with Gasteiger partial charge >= 0.3 is 0 Å². The minimum absolute atomic E-state index is 0.168. The van der Waals surface area contributed by atoms with Crippen molar-refractivity contribution < 1.29 is 19.1 Å². The first-order chi connectivity index (χ1) is 18.0. The van der Waals surface area contributed by atoms with Gasteiger partial charge in [-0.25, -0.2) is 0 Å². The second-order valence-electron chi connectivity index (χ2n) is 7.96. The Balaban J connectivity index is 1.53. The van der Waals surface area contributed by atoms with Gasteiger partial charge in [-0.15, -0.1) is 11.8 Å². The number of benzene rings is 4. The molecular formula is C29H25ClN2O4S. The van der Waals surface area contributed by atoms with Gasteiger partial charge in [0.05, 0.1) is 14.2 Å². The van der Waals surface area contributed by atoms with Gasteiger partial charge < -0.3 is 20.1 Å². The molecule has 188 valence electrons. The van der Waals surface area contributed by atoms with E-state index >= 15 is 0 Å².